The zero-order chi connectivity index (χ0) is 17.8. The second-order valence-corrected chi connectivity index (χ2v) is 6.41. The SMILES string of the molecule is CCCCOC(=O)c1ccccc1C(=O)OCCCCCC(C)C. The van der Waals surface area contributed by atoms with E-state index in [1.165, 1.54) is 6.42 Å². The number of hydrogen-bond donors (Lipinski definition) is 0. The van der Waals surface area contributed by atoms with E-state index in [9.17, 15) is 9.59 Å². The maximum absolute atomic E-state index is 12.2. The van der Waals surface area contributed by atoms with Gasteiger partial charge in [0, 0.05) is 0 Å². The van der Waals surface area contributed by atoms with Gasteiger partial charge in [-0.05, 0) is 30.9 Å². The van der Waals surface area contributed by atoms with Crippen LogP contribution in [-0.2, 0) is 9.47 Å². The molecule has 0 amide bonds. The fraction of sp³-hybridized carbons (Fsp3) is 0.600. The van der Waals surface area contributed by atoms with Gasteiger partial charge in [0.2, 0.25) is 0 Å². The molecule has 134 valence electrons. The third-order valence-electron chi connectivity index (χ3n) is 3.76. The first-order chi connectivity index (χ1) is 11.6. The molecule has 0 bridgehead atoms. The molecule has 1 rings (SSSR count). The summed E-state index contributed by atoms with van der Waals surface area (Å²) in [7, 11) is 0. The minimum Gasteiger partial charge on any atom is -0.462 e. The molecular formula is C20H30O4. The first-order valence-corrected chi connectivity index (χ1v) is 8.99. The van der Waals surface area contributed by atoms with Crippen LogP contribution in [0.15, 0.2) is 24.3 Å². The highest BCUT2D eigenvalue weighted by atomic mass is 16.5. The summed E-state index contributed by atoms with van der Waals surface area (Å²) in [5.74, 6) is -0.215. The second kappa shape index (κ2) is 11.7. The Morgan fingerprint density at radius 1 is 0.875 bits per heavy atom. The molecule has 4 heteroatoms. The summed E-state index contributed by atoms with van der Waals surface area (Å²) in [4.78, 5) is 24.3. The Labute approximate surface area is 145 Å². The molecule has 0 N–H and O–H groups in total. The minimum atomic E-state index is -0.465. The summed E-state index contributed by atoms with van der Waals surface area (Å²) < 4.78 is 10.5. The van der Waals surface area contributed by atoms with E-state index in [2.05, 4.69) is 13.8 Å². The molecule has 24 heavy (non-hydrogen) atoms. The Hall–Kier alpha value is -1.84. The molecule has 1 aromatic rings. The Bertz CT molecular complexity index is 508. The van der Waals surface area contributed by atoms with Crippen molar-refractivity contribution in [2.75, 3.05) is 13.2 Å². The zero-order valence-corrected chi connectivity index (χ0v) is 15.2. The van der Waals surface area contributed by atoms with Gasteiger partial charge in [-0.3, -0.25) is 0 Å². The monoisotopic (exact) mass is 334 g/mol. The quantitative estimate of drug-likeness (QED) is 0.421. The normalized spacial score (nSPS) is 10.7. The number of unbranched alkanes of at least 4 members (excludes halogenated alkanes) is 3. The molecule has 0 aliphatic rings. The van der Waals surface area contributed by atoms with Crippen molar-refractivity contribution in [2.24, 2.45) is 5.92 Å². The predicted octanol–water partition coefficient (Wildman–Crippen LogP) is 5.02. The van der Waals surface area contributed by atoms with Crippen molar-refractivity contribution in [1.29, 1.82) is 0 Å². The first-order valence-electron chi connectivity index (χ1n) is 8.99. The van der Waals surface area contributed by atoms with Crippen molar-refractivity contribution in [3.8, 4) is 0 Å². The molecule has 0 atom stereocenters. The molecular weight excluding hydrogens is 304 g/mol. The Balaban J connectivity index is 2.47. The van der Waals surface area contributed by atoms with Crippen molar-refractivity contribution in [1.82, 2.24) is 0 Å². The largest absolute Gasteiger partial charge is 0.462 e. The third-order valence-corrected chi connectivity index (χ3v) is 3.76. The van der Waals surface area contributed by atoms with Crippen molar-refractivity contribution >= 4 is 11.9 Å². The van der Waals surface area contributed by atoms with Crippen LogP contribution in [0.4, 0.5) is 0 Å². The van der Waals surface area contributed by atoms with Gasteiger partial charge in [0.15, 0.2) is 0 Å². The van der Waals surface area contributed by atoms with Gasteiger partial charge in [0.25, 0.3) is 0 Å². The number of hydrogen-bond acceptors (Lipinski definition) is 4. The summed E-state index contributed by atoms with van der Waals surface area (Å²) in [6.45, 7) is 7.19. The van der Waals surface area contributed by atoms with Crippen LogP contribution in [0, 0.1) is 5.92 Å². The van der Waals surface area contributed by atoms with Gasteiger partial charge in [-0.2, -0.15) is 0 Å². The summed E-state index contributed by atoms with van der Waals surface area (Å²) in [5.41, 5.74) is 0.555. The summed E-state index contributed by atoms with van der Waals surface area (Å²) >= 11 is 0. The fourth-order valence-corrected chi connectivity index (χ4v) is 2.30. The first kappa shape index (κ1) is 20.2. The van der Waals surface area contributed by atoms with E-state index in [0.29, 0.717) is 19.1 Å². The average Bonchev–Trinajstić information content (AvgIpc) is 2.57. The van der Waals surface area contributed by atoms with E-state index in [1.54, 1.807) is 24.3 Å². The van der Waals surface area contributed by atoms with Crippen LogP contribution in [0.2, 0.25) is 0 Å². The molecule has 0 aromatic heterocycles. The summed E-state index contributed by atoms with van der Waals surface area (Å²) in [6, 6.07) is 6.66. The van der Waals surface area contributed by atoms with Gasteiger partial charge in [0.05, 0.1) is 24.3 Å². The lowest BCUT2D eigenvalue weighted by molar-refractivity contribution is 0.0451. The number of carbonyl (C=O) groups is 2. The molecule has 0 aliphatic heterocycles. The summed E-state index contributed by atoms with van der Waals surface area (Å²) in [6.07, 6.45) is 6.01. The number of carbonyl (C=O) groups excluding carboxylic acids is 2. The van der Waals surface area contributed by atoms with Crippen LogP contribution >= 0.6 is 0 Å². The molecule has 0 heterocycles. The maximum atomic E-state index is 12.2. The summed E-state index contributed by atoms with van der Waals surface area (Å²) in [5, 5.41) is 0. The van der Waals surface area contributed by atoms with E-state index in [0.717, 1.165) is 32.1 Å². The Morgan fingerprint density at radius 2 is 1.42 bits per heavy atom. The standard InChI is InChI=1S/C20H30O4/c1-4-5-14-23-19(21)17-12-8-9-13-18(17)20(22)24-15-10-6-7-11-16(2)3/h8-9,12-13,16H,4-7,10-11,14-15H2,1-3H3. The number of benzene rings is 1. The minimum absolute atomic E-state index is 0.276. The smallest absolute Gasteiger partial charge is 0.339 e. The highest BCUT2D eigenvalue weighted by molar-refractivity contribution is 6.03. The van der Waals surface area contributed by atoms with Gasteiger partial charge in [-0.15, -0.1) is 0 Å². The third kappa shape index (κ3) is 7.62. The fourth-order valence-electron chi connectivity index (χ4n) is 2.30. The van der Waals surface area contributed by atoms with Gasteiger partial charge < -0.3 is 9.47 Å². The lowest BCUT2D eigenvalue weighted by atomic mass is 10.1. The average molecular weight is 334 g/mol. The molecule has 0 aliphatic carbocycles. The van der Waals surface area contributed by atoms with Crippen molar-refractivity contribution < 1.29 is 19.1 Å². The molecule has 0 unspecified atom stereocenters. The number of rotatable bonds is 11. The lowest BCUT2D eigenvalue weighted by Crippen LogP contribution is -2.15. The molecule has 0 fully saturated rings. The van der Waals surface area contributed by atoms with Crippen LogP contribution in [0.1, 0.15) is 80.0 Å². The molecule has 0 radical (unpaired) electrons. The van der Waals surface area contributed by atoms with Crippen molar-refractivity contribution in [3.05, 3.63) is 35.4 Å². The molecule has 0 spiro atoms. The van der Waals surface area contributed by atoms with Gasteiger partial charge in [-0.1, -0.05) is 58.6 Å². The molecule has 1 aromatic carbocycles. The van der Waals surface area contributed by atoms with Crippen LogP contribution in [-0.4, -0.2) is 25.2 Å². The second-order valence-electron chi connectivity index (χ2n) is 6.41. The van der Waals surface area contributed by atoms with Crippen LogP contribution in [0.3, 0.4) is 0 Å². The molecule has 0 saturated heterocycles. The maximum Gasteiger partial charge on any atom is 0.339 e. The van der Waals surface area contributed by atoms with Crippen LogP contribution in [0.5, 0.6) is 0 Å². The van der Waals surface area contributed by atoms with Crippen LogP contribution in [0.25, 0.3) is 0 Å². The van der Waals surface area contributed by atoms with Gasteiger partial charge in [0.1, 0.15) is 0 Å². The lowest BCUT2D eigenvalue weighted by Gasteiger charge is -2.10. The Kier molecular flexibility index (Phi) is 9.81. The zero-order valence-electron chi connectivity index (χ0n) is 15.2. The topological polar surface area (TPSA) is 52.6 Å². The van der Waals surface area contributed by atoms with E-state index in [-0.39, 0.29) is 11.1 Å². The van der Waals surface area contributed by atoms with E-state index in [4.69, 9.17) is 9.47 Å². The van der Waals surface area contributed by atoms with Gasteiger partial charge >= 0.3 is 11.9 Å². The highest BCUT2D eigenvalue weighted by Gasteiger charge is 2.18. The number of ether oxygens (including phenoxy) is 2. The Morgan fingerprint density at radius 3 is 1.92 bits per heavy atom. The van der Waals surface area contributed by atoms with Crippen molar-refractivity contribution in [2.45, 2.75) is 59.3 Å². The van der Waals surface area contributed by atoms with Crippen molar-refractivity contribution in [3.63, 3.8) is 0 Å². The van der Waals surface area contributed by atoms with E-state index < -0.39 is 11.9 Å². The molecule has 0 saturated carbocycles. The van der Waals surface area contributed by atoms with Crippen LogP contribution < -0.4 is 0 Å². The van der Waals surface area contributed by atoms with Gasteiger partial charge in [-0.25, -0.2) is 9.59 Å². The molecule has 4 nitrogen and oxygen atoms in total. The van der Waals surface area contributed by atoms with E-state index >= 15 is 0 Å². The van der Waals surface area contributed by atoms with E-state index in [1.807, 2.05) is 6.92 Å². The highest BCUT2D eigenvalue weighted by Crippen LogP contribution is 2.13. The number of esters is 2. The predicted molar refractivity (Wildman–Crippen MR) is 95.2 cm³/mol.